The number of fused-ring (bicyclic) bond motifs is 2. The second-order valence-corrected chi connectivity index (χ2v) is 6.44. The van der Waals surface area contributed by atoms with Crippen LogP contribution >= 0.6 is 11.8 Å². The fourth-order valence-corrected chi connectivity index (χ4v) is 3.73. The molecule has 1 aromatic heterocycles. The summed E-state index contributed by atoms with van der Waals surface area (Å²) in [6.45, 7) is 0.396. The number of carbonyl (C=O) groups excluding carboxylic acids is 1. The molecule has 4 rings (SSSR count). The van der Waals surface area contributed by atoms with E-state index in [-0.39, 0.29) is 6.03 Å². The van der Waals surface area contributed by atoms with Crippen LogP contribution in [0.5, 0.6) is 0 Å². The number of urea groups is 1. The summed E-state index contributed by atoms with van der Waals surface area (Å²) in [6, 6.07) is 21.4. The molecule has 0 atom stereocenters. The van der Waals surface area contributed by atoms with E-state index >= 15 is 0 Å². The van der Waals surface area contributed by atoms with E-state index in [9.17, 15) is 4.79 Å². The van der Waals surface area contributed by atoms with Crippen LogP contribution in [0.1, 0.15) is 5.69 Å². The molecular formula is C19H15N3OS. The van der Waals surface area contributed by atoms with Crippen molar-refractivity contribution in [2.24, 2.45) is 0 Å². The smallest absolute Gasteiger partial charge is 0.326 e. The van der Waals surface area contributed by atoms with E-state index in [1.165, 1.54) is 0 Å². The van der Waals surface area contributed by atoms with Crippen molar-refractivity contribution >= 4 is 29.2 Å². The molecule has 0 unspecified atom stereocenters. The third-order valence-electron chi connectivity index (χ3n) is 3.78. The van der Waals surface area contributed by atoms with Crippen LogP contribution in [0.4, 0.5) is 16.2 Å². The lowest BCUT2D eigenvalue weighted by Gasteiger charge is -2.30. The minimum atomic E-state index is -0.152. The van der Waals surface area contributed by atoms with Crippen molar-refractivity contribution in [2.45, 2.75) is 16.3 Å². The van der Waals surface area contributed by atoms with Crippen molar-refractivity contribution in [3.8, 4) is 0 Å². The molecule has 2 heterocycles. The number of pyridine rings is 1. The van der Waals surface area contributed by atoms with Gasteiger partial charge in [0.25, 0.3) is 0 Å². The van der Waals surface area contributed by atoms with Gasteiger partial charge in [0.05, 0.1) is 23.6 Å². The second-order valence-electron chi connectivity index (χ2n) is 5.35. The Balaban J connectivity index is 1.65. The molecule has 0 spiro atoms. The molecule has 1 aliphatic rings. The number of carbonyl (C=O) groups is 1. The Morgan fingerprint density at radius 2 is 1.54 bits per heavy atom. The largest absolute Gasteiger partial charge is 0.332 e. The molecule has 118 valence electrons. The Morgan fingerprint density at radius 3 is 2.17 bits per heavy atom. The summed E-state index contributed by atoms with van der Waals surface area (Å²) in [4.78, 5) is 21.0. The molecule has 0 saturated heterocycles. The average molecular weight is 333 g/mol. The Hall–Kier alpha value is -2.79. The maximum absolute atomic E-state index is 12.9. The molecule has 24 heavy (non-hydrogen) atoms. The van der Waals surface area contributed by atoms with E-state index in [0.717, 1.165) is 26.9 Å². The van der Waals surface area contributed by atoms with E-state index in [1.54, 1.807) is 22.9 Å². The molecule has 0 radical (unpaired) electrons. The SMILES string of the molecule is O=C(NCc1ccccn1)N1c2ccccc2Sc2ccccc21. The van der Waals surface area contributed by atoms with Gasteiger partial charge in [0, 0.05) is 16.0 Å². The van der Waals surface area contributed by atoms with Crippen molar-refractivity contribution in [3.63, 3.8) is 0 Å². The first kappa shape index (κ1) is 14.8. The van der Waals surface area contributed by atoms with Gasteiger partial charge in [0.2, 0.25) is 0 Å². The highest BCUT2D eigenvalue weighted by molar-refractivity contribution is 7.99. The molecule has 1 N–H and O–H groups in total. The van der Waals surface area contributed by atoms with Crippen molar-refractivity contribution in [3.05, 3.63) is 78.6 Å². The van der Waals surface area contributed by atoms with Gasteiger partial charge in [-0.15, -0.1) is 0 Å². The standard InChI is InChI=1S/C19H15N3OS/c23-19(21-13-14-7-5-6-12-20-14)22-15-8-1-3-10-17(15)24-18-11-4-2-9-16(18)22/h1-12H,13H2,(H,21,23). The van der Waals surface area contributed by atoms with Gasteiger partial charge in [0.1, 0.15) is 0 Å². The second kappa shape index (κ2) is 6.37. The Bertz CT molecular complexity index is 837. The number of nitrogens with one attached hydrogen (secondary N) is 1. The molecule has 0 saturated carbocycles. The number of aromatic nitrogens is 1. The van der Waals surface area contributed by atoms with Gasteiger partial charge >= 0.3 is 6.03 Å². The van der Waals surface area contributed by atoms with Crippen molar-refractivity contribution in [2.75, 3.05) is 4.90 Å². The maximum Gasteiger partial charge on any atom is 0.326 e. The minimum Gasteiger partial charge on any atom is -0.332 e. The highest BCUT2D eigenvalue weighted by Crippen LogP contribution is 2.47. The van der Waals surface area contributed by atoms with Crippen LogP contribution in [0.15, 0.2) is 82.7 Å². The van der Waals surface area contributed by atoms with Crippen LogP contribution in [-0.4, -0.2) is 11.0 Å². The summed E-state index contributed by atoms with van der Waals surface area (Å²) in [5, 5.41) is 2.97. The van der Waals surface area contributed by atoms with Gasteiger partial charge in [-0.25, -0.2) is 4.79 Å². The van der Waals surface area contributed by atoms with Gasteiger partial charge in [-0.05, 0) is 36.4 Å². The molecule has 2 amide bonds. The zero-order valence-corrected chi connectivity index (χ0v) is 13.7. The van der Waals surface area contributed by atoms with Crippen LogP contribution in [0.3, 0.4) is 0 Å². The quantitative estimate of drug-likeness (QED) is 0.746. The lowest BCUT2D eigenvalue weighted by Crippen LogP contribution is -2.37. The van der Waals surface area contributed by atoms with E-state index in [1.807, 2.05) is 66.7 Å². The predicted molar refractivity (Wildman–Crippen MR) is 95.6 cm³/mol. The van der Waals surface area contributed by atoms with E-state index in [2.05, 4.69) is 10.3 Å². The molecule has 0 aliphatic carbocycles. The molecule has 5 heteroatoms. The molecule has 4 nitrogen and oxygen atoms in total. The first-order valence-corrected chi connectivity index (χ1v) is 8.48. The minimum absolute atomic E-state index is 0.152. The lowest BCUT2D eigenvalue weighted by molar-refractivity contribution is 0.248. The third kappa shape index (κ3) is 2.74. The highest BCUT2D eigenvalue weighted by Gasteiger charge is 2.27. The Labute approximate surface area is 144 Å². The van der Waals surface area contributed by atoms with E-state index in [0.29, 0.717) is 6.54 Å². The summed E-state index contributed by atoms with van der Waals surface area (Å²) in [7, 11) is 0. The summed E-state index contributed by atoms with van der Waals surface area (Å²) < 4.78 is 0. The fraction of sp³-hybridized carbons (Fsp3) is 0.0526. The molecule has 0 bridgehead atoms. The molecule has 0 fully saturated rings. The van der Waals surface area contributed by atoms with Crippen LogP contribution in [0, 0.1) is 0 Å². The molecule has 3 aromatic rings. The number of amides is 2. The predicted octanol–water partition coefficient (Wildman–Crippen LogP) is 4.59. The van der Waals surface area contributed by atoms with Crippen molar-refractivity contribution < 1.29 is 4.79 Å². The zero-order valence-electron chi connectivity index (χ0n) is 12.8. The number of nitrogens with zero attached hydrogens (tertiary/aromatic N) is 2. The number of anilines is 2. The normalized spacial score (nSPS) is 12.2. The third-order valence-corrected chi connectivity index (χ3v) is 4.91. The van der Waals surface area contributed by atoms with Gasteiger partial charge < -0.3 is 5.32 Å². The topological polar surface area (TPSA) is 45.2 Å². The van der Waals surface area contributed by atoms with Gasteiger partial charge in [-0.3, -0.25) is 9.88 Å². The van der Waals surface area contributed by atoms with E-state index in [4.69, 9.17) is 0 Å². The highest BCUT2D eigenvalue weighted by atomic mass is 32.2. The van der Waals surface area contributed by atoms with Crippen LogP contribution in [-0.2, 0) is 6.54 Å². The Kier molecular flexibility index (Phi) is 3.92. The number of hydrogen-bond acceptors (Lipinski definition) is 3. The van der Waals surface area contributed by atoms with Crippen molar-refractivity contribution in [1.82, 2.24) is 10.3 Å². The molecule has 1 aliphatic heterocycles. The van der Waals surface area contributed by atoms with Gasteiger partial charge in [0.15, 0.2) is 0 Å². The summed E-state index contributed by atoms with van der Waals surface area (Å²) in [5.41, 5.74) is 2.64. The average Bonchev–Trinajstić information content (AvgIpc) is 2.65. The lowest BCUT2D eigenvalue weighted by atomic mass is 10.2. The maximum atomic E-state index is 12.9. The van der Waals surface area contributed by atoms with Crippen LogP contribution in [0.2, 0.25) is 0 Å². The zero-order chi connectivity index (χ0) is 16.4. The first-order valence-electron chi connectivity index (χ1n) is 7.67. The number of benzene rings is 2. The first-order chi connectivity index (χ1) is 11.8. The summed E-state index contributed by atoms with van der Waals surface area (Å²) >= 11 is 1.68. The van der Waals surface area contributed by atoms with E-state index < -0.39 is 0 Å². The summed E-state index contributed by atoms with van der Waals surface area (Å²) in [6.07, 6.45) is 1.73. The Morgan fingerprint density at radius 1 is 0.917 bits per heavy atom. The van der Waals surface area contributed by atoms with Crippen LogP contribution in [0.25, 0.3) is 0 Å². The van der Waals surface area contributed by atoms with Crippen LogP contribution < -0.4 is 10.2 Å². The number of hydrogen-bond donors (Lipinski definition) is 1. The fourth-order valence-electron chi connectivity index (χ4n) is 2.67. The number of para-hydroxylation sites is 2. The monoisotopic (exact) mass is 333 g/mol. The van der Waals surface area contributed by atoms with Gasteiger partial charge in [-0.1, -0.05) is 42.1 Å². The molecule has 2 aromatic carbocycles. The number of rotatable bonds is 2. The van der Waals surface area contributed by atoms with Crippen molar-refractivity contribution in [1.29, 1.82) is 0 Å². The summed E-state index contributed by atoms with van der Waals surface area (Å²) in [5.74, 6) is 0. The van der Waals surface area contributed by atoms with Gasteiger partial charge in [-0.2, -0.15) is 0 Å². The molecular weight excluding hydrogens is 318 g/mol.